The highest BCUT2D eigenvalue weighted by Crippen LogP contribution is 2.20. The molecule has 2 heterocycles. The second-order valence-corrected chi connectivity index (χ2v) is 8.21. The molecule has 3 aromatic rings. The van der Waals surface area contributed by atoms with Gasteiger partial charge in [-0.05, 0) is 42.3 Å². The van der Waals surface area contributed by atoms with Crippen LogP contribution in [0.5, 0.6) is 0 Å². The van der Waals surface area contributed by atoms with E-state index in [1.807, 2.05) is 68.4 Å². The Kier molecular flexibility index (Phi) is 6.66. The SMILES string of the molecule is CC1CN(c2ccc(NC(=O)CNC(=O)Cc3cccc4ccccc34)cn2)CC(C)O1. The third kappa shape index (κ3) is 5.42. The molecule has 0 bridgehead atoms. The molecule has 2 amide bonds. The van der Waals surface area contributed by atoms with E-state index < -0.39 is 0 Å². The van der Waals surface area contributed by atoms with Gasteiger partial charge in [-0.2, -0.15) is 0 Å². The Morgan fingerprint density at radius 3 is 2.50 bits per heavy atom. The van der Waals surface area contributed by atoms with Crippen molar-refractivity contribution in [3.63, 3.8) is 0 Å². The topological polar surface area (TPSA) is 83.6 Å². The van der Waals surface area contributed by atoms with Crippen LogP contribution in [0.3, 0.4) is 0 Å². The molecule has 2 aromatic carbocycles. The number of hydrogen-bond donors (Lipinski definition) is 2. The Balaban J connectivity index is 1.28. The summed E-state index contributed by atoms with van der Waals surface area (Å²) in [5.74, 6) is 0.369. The van der Waals surface area contributed by atoms with Crippen molar-refractivity contribution < 1.29 is 14.3 Å². The maximum atomic E-state index is 12.4. The maximum Gasteiger partial charge on any atom is 0.243 e. The highest BCUT2D eigenvalue weighted by molar-refractivity contribution is 5.95. The largest absolute Gasteiger partial charge is 0.372 e. The Hall–Kier alpha value is -3.45. The molecule has 0 spiro atoms. The number of fused-ring (bicyclic) bond motifs is 1. The smallest absolute Gasteiger partial charge is 0.243 e. The van der Waals surface area contributed by atoms with Gasteiger partial charge < -0.3 is 20.3 Å². The molecule has 1 aliphatic heterocycles. The predicted molar refractivity (Wildman–Crippen MR) is 126 cm³/mol. The van der Waals surface area contributed by atoms with E-state index >= 15 is 0 Å². The van der Waals surface area contributed by atoms with Crippen LogP contribution in [0.1, 0.15) is 19.4 Å². The third-order valence-corrected chi connectivity index (χ3v) is 5.45. The van der Waals surface area contributed by atoms with Gasteiger partial charge in [-0.3, -0.25) is 9.59 Å². The lowest BCUT2D eigenvalue weighted by molar-refractivity contribution is -0.123. The number of carbonyl (C=O) groups excluding carboxylic acids is 2. The van der Waals surface area contributed by atoms with Crippen molar-refractivity contribution in [2.24, 2.45) is 0 Å². The molecule has 0 radical (unpaired) electrons. The minimum absolute atomic E-state index is 0.0934. The predicted octanol–water partition coefficient (Wildman–Crippen LogP) is 3.15. The zero-order chi connectivity index (χ0) is 22.5. The highest BCUT2D eigenvalue weighted by atomic mass is 16.5. The first-order chi connectivity index (χ1) is 15.5. The Labute approximate surface area is 187 Å². The number of ether oxygens (including phenoxy) is 1. The van der Waals surface area contributed by atoms with Crippen LogP contribution in [0.15, 0.2) is 60.8 Å². The Bertz CT molecular complexity index is 1080. The van der Waals surface area contributed by atoms with Gasteiger partial charge in [-0.1, -0.05) is 42.5 Å². The van der Waals surface area contributed by atoms with Crippen LogP contribution in [-0.2, 0) is 20.7 Å². The number of pyridine rings is 1. The fourth-order valence-corrected chi connectivity index (χ4v) is 4.08. The number of aromatic nitrogens is 1. The first kappa shape index (κ1) is 21.8. The average Bonchev–Trinajstić information content (AvgIpc) is 2.78. The van der Waals surface area contributed by atoms with Crippen LogP contribution in [0, 0.1) is 0 Å². The maximum absolute atomic E-state index is 12.4. The van der Waals surface area contributed by atoms with Crippen molar-refractivity contribution in [2.45, 2.75) is 32.5 Å². The average molecular weight is 433 g/mol. The van der Waals surface area contributed by atoms with E-state index in [1.54, 1.807) is 6.20 Å². The zero-order valence-electron chi connectivity index (χ0n) is 18.4. The molecule has 0 aliphatic carbocycles. The van der Waals surface area contributed by atoms with Gasteiger partial charge in [-0.25, -0.2) is 4.98 Å². The van der Waals surface area contributed by atoms with E-state index in [1.165, 1.54) is 0 Å². The minimum Gasteiger partial charge on any atom is -0.372 e. The number of carbonyl (C=O) groups is 2. The van der Waals surface area contributed by atoms with E-state index in [4.69, 9.17) is 4.74 Å². The van der Waals surface area contributed by atoms with E-state index in [-0.39, 0.29) is 37.0 Å². The quantitative estimate of drug-likeness (QED) is 0.625. The van der Waals surface area contributed by atoms with Crippen LogP contribution in [0.25, 0.3) is 10.8 Å². The lowest BCUT2D eigenvalue weighted by Crippen LogP contribution is -2.45. The summed E-state index contributed by atoms with van der Waals surface area (Å²) in [5.41, 5.74) is 1.53. The number of morpholine rings is 1. The van der Waals surface area contributed by atoms with E-state index in [9.17, 15) is 9.59 Å². The van der Waals surface area contributed by atoms with Gasteiger partial charge in [0.1, 0.15) is 5.82 Å². The fraction of sp³-hybridized carbons (Fsp3) is 0.320. The van der Waals surface area contributed by atoms with Crippen LogP contribution >= 0.6 is 0 Å². The molecular weight excluding hydrogens is 404 g/mol. The molecule has 2 atom stereocenters. The summed E-state index contributed by atoms with van der Waals surface area (Å²) >= 11 is 0. The molecule has 7 nitrogen and oxygen atoms in total. The lowest BCUT2D eigenvalue weighted by atomic mass is 10.0. The molecule has 2 unspecified atom stereocenters. The fourth-order valence-electron chi connectivity index (χ4n) is 4.08. The summed E-state index contributed by atoms with van der Waals surface area (Å²) in [4.78, 5) is 31.3. The van der Waals surface area contributed by atoms with E-state index in [0.717, 1.165) is 35.2 Å². The standard InChI is InChI=1S/C25H28N4O3/c1-17-15-29(16-18(2)32-17)23-11-10-21(13-26-23)28-25(31)14-27-24(30)12-20-8-5-7-19-6-3-4-9-22(19)20/h3-11,13,17-18H,12,14-16H2,1-2H3,(H,27,30)(H,28,31). The van der Waals surface area contributed by atoms with Crippen LogP contribution < -0.4 is 15.5 Å². The third-order valence-electron chi connectivity index (χ3n) is 5.45. The Morgan fingerprint density at radius 2 is 1.75 bits per heavy atom. The zero-order valence-corrected chi connectivity index (χ0v) is 18.4. The number of amides is 2. The molecule has 166 valence electrons. The van der Waals surface area contributed by atoms with Crippen molar-refractivity contribution in [3.8, 4) is 0 Å². The molecule has 2 N–H and O–H groups in total. The lowest BCUT2D eigenvalue weighted by Gasteiger charge is -2.36. The summed E-state index contributed by atoms with van der Waals surface area (Å²) in [6.07, 6.45) is 2.16. The molecule has 1 aromatic heterocycles. The van der Waals surface area contributed by atoms with Gasteiger partial charge >= 0.3 is 0 Å². The summed E-state index contributed by atoms with van der Waals surface area (Å²) in [7, 11) is 0. The van der Waals surface area contributed by atoms with Crippen molar-refractivity contribution in [2.75, 3.05) is 29.9 Å². The minimum atomic E-state index is -0.292. The summed E-state index contributed by atoms with van der Waals surface area (Å²) < 4.78 is 5.76. The number of hydrogen-bond acceptors (Lipinski definition) is 5. The van der Waals surface area contributed by atoms with Crippen LogP contribution in [-0.4, -0.2) is 48.6 Å². The number of anilines is 2. The summed E-state index contributed by atoms with van der Waals surface area (Å²) in [6.45, 7) is 5.57. The second-order valence-electron chi connectivity index (χ2n) is 8.21. The van der Waals surface area contributed by atoms with Gasteiger partial charge in [0.2, 0.25) is 11.8 Å². The monoisotopic (exact) mass is 432 g/mol. The molecule has 1 aliphatic rings. The number of rotatable bonds is 6. The van der Waals surface area contributed by atoms with Crippen LogP contribution in [0.2, 0.25) is 0 Å². The van der Waals surface area contributed by atoms with Gasteiger partial charge in [0.05, 0.1) is 37.1 Å². The number of nitrogens with one attached hydrogen (secondary N) is 2. The summed E-state index contributed by atoms with van der Waals surface area (Å²) in [5, 5.41) is 7.61. The summed E-state index contributed by atoms with van der Waals surface area (Å²) in [6, 6.07) is 17.5. The first-order valence-corrected chi connectivity index (χ1v) is 10.9. The highest BCUT2D eigenvalue weighted by Gasteiger charge is 2.23. The molecule has 1 fully saturated rings. The van der Waals surface area contributed by atoms with Gasteiger partial charge in [0.25, 0.3) is 0 Å². The molecule has 7 heteroatoms. The molecular formula is C25H28N4O3. The van der Waals surface area contributed by atoms with Gasteiger partial charge in [-0.15, -0.1) is 0 Å². The number of nitrogens with zero attached hydrogens (tertiary/aromatic N) is 2. The van der Waals surface area contributed by atoms with Gasteiger partial charge in [0.15, 0.2) is 0 Å². The van der Waals surface area contributed by atoms with Gasteiger partial charge in [0, 0.05) is 13.1 Å². The van der Waals surface area contributed by atoms with Crippen LogP contribution in [0.4, 0.5) is 11.5 Å². The van der Waals surface area contributed by atoms with E-state index in [0.29, 0.717) is 5.69 Å². The molecule has 32 heavy (non-hydrogen) atoms. The van der Waals surface area contributed by atoms with Crippen molar-refractivity contribution in [1.82, 2.24) is 10.3 Å². The molecule has 0 saturated carbocycles. The van der Waals surface area contributed by atoms with Crippen molar-refractivity contribution in [3.05, 3.63) is 66.4 Å². The normalized spacial score (nSPS) is 18.4. The molecule has 1 saturated heterocycles. The Morgan fingerprint density at radius 1 is 1.00 bits per heavy atom. The van der Waals surface area contributed by atoms with E-state index in [2.05, 4.69) is 20.5 Å². The second kappa shape index (κ2) is 9.78. The van der Waals surface area contributed by atoms with Crippen molar-refractivity contribution in [1.29, 1.82) is 0 Å². The molecule has 4 rings (SSSR count). The first-order valence-electron chi connectivity index (χ1n) is 10.9. The van der Waals surface area contributed by atoms with Crippen molar-refractivity contribution >= 4 is 34.1 Å². The number of benzene rings is 2.